The van der Waals surface area contributed by atoms with Crippen LogP contribution in [0.15, 0.2) is 9.98 Å². The minimum atomic E-state index is -0.0105. The number of aliphatic imine (C=N–C) groups is 2. The third-order valence-corrected chi connectivity index (χ3v) is 2.00. The summed E-state index contributed by atoms with van der Waals surface area (Å²) in [6.45, 7) is 6.46. The Morgan fingerprint density at radius 2 is 2.21 bits per heavy atom. The van der Waals surface area contributed by atoms with Gasteiger partial charge in [-0.1, -0.05) is 20.7 Å². The molecule has 0 saturated heterocycles. The maximum atomic E-state index is 5.22. The van der Waals surface area contributed by atoms with Crippen LogP contribution in [0.4, 0.5) is 0 Å². The molecule has 0 aliphatic carbocycles. The maximum Gasteiger partial charge on any atom is 0.368 e. The predicted octanol–water partition coefficient (Wildman–Crippen LogP) is 1.15. The second kappa shape index (κ2) is 5.03. The Bertz CT molecular complexity index is 251. The van der Waals surface area contributed by atoms with E-state index in [1.807, 2.05) is 6.82 Å². The minimum Gasteiger partial charge on any atom is -0.553 e. The fourth-order valence-electron chi connectivity index (χ4n) is 1.31. The first-order chi connectivity index (χ1) is 6.69. The first-order valence-corrected chi connectivity index (χ1v) is 4.78. The number of methoxy groups -OCH3 is 1. The van der Waals surface area contributed by atoms with E-state index in [0.29, 0.717) is 24.3 Å². The Kier molecular flexibility index (Phi) is 3.98. The zero-order valence-corrected chi connectivity index (χ0v) is 9.15. The number of hydrogen-bond acceptors (Lipinski definition) is 4. The molecule has 1 aliphatic rings. The van der Waals surface area contributed by atoms with Gasteiger partial charge < -0.3 is 9.39 Å². The van der Waals surface area contributed by atoms with Gasteiger partial charge in [0, 0.05) is 0 Å². The lowest BCUT2D eigenvalue weighted by atomic mass is 10.0. The van der Waals surface area contributed by atoms with E-state index in [1.165, 1.54) is 0 Å². The van der Waals surface area contributed by atoms with Gasteiger partial charge in [-0.2, -0.15) is 0 Å². The molecule has 0 amide bonds. The van der Waals surface area contributed by atoms with Crippen LogP contribution in [0, 0.1) is 5.92 Å². The average Bonchev–Trinajstić information content (AvgIpc) is 2.18. The predicted molar refractivity (Wildman–Crippen MR) is 58.1 cm³/mol. The molecule has 1 atom stereocenters. The fraction of sp³-hybridized carbons (Fsp3) is 0.778. The van der Waals surface area contributed by atoms with Crippen molar-refractivity contribution >= 4 is 19.3 Å². The molecule has 0 N–H and O–H groups in total. The second-order valence-corrected chi connectivity index (χ2v) is 3.42. The largest absolute Gasteiger partial charge is 0.553 e. The molecule has 77 valence electrons. The van der Waals surface area contributed by atoms with Gasteiger partial charge in [-0.05, 0) is 5.92 Å². The van der Waals surface area contributed by atoms with Gasteiger partial charge in [0.05, 0.1) is 7.11 Å². The smallest absolute Gasteiger partial charge is 0.368 e. The Hall–Kier alpha value is -0.995. The van der Waals surface area contributed by atoms with Crippen LogP contribution in [0.3, 0.4) is 0 Å². The number of hydrogen-bond donors (Lipinski definition) is 0. The molecule has 0 bridgehead atoms. The molecule has 4 nitrogen and oxygen atoms in total. The summed E-state index contributed by atoms with van der Waals surface area (Å²) < 4.78 is 10.4. The van der Waals surface area contributed by atoms with E-state index in [9.17, 15) is 0 Å². The summed E-state index contributed by atoms with van der Waals surface area (Å²) >= 11 is 0. The zero-order valence-electron chi connectivity index (χ0n) is 9.15. The summed E-state index contributed by atoms with van der Waals surface area (Å²) in [5.41, 5.74) is 0. The highest BCUT2D eigenvalue weighted by Gasteiger charge is 2.24. The molecule has 1 aliphatic heterocycles. The van der Waals surface area contributed by atoms with Gasteiger partial charge in [0.15, 0.2) is 5.90 Å². The highest BCUT2D eigenvalue weighted by Crippen LogP contribution is 2.13. The number of ether oxygens (including phenoxy) is 1. The van der Waals surface area contributed by atoms with E-state index in [4.69, 9.17) is 9.39 Å². The highest BCUT2D eigenvalue weighted by atomic mass is 16.5. The quantitative estimate of drug-likeness (QED) is 0.620. The monoisotopic (exact) mass is 195 g/mol. The summed E-state index contributed by atoms with van der Waals surface area (Å²) in [5, 5.41) is 0. The van der Waals surface area contributed by atoms with E-state index >= 15 is 0 Å². The van der Waals surface area contributed by atoms with Gasteiger partial charge >= 0.3 is 7.48 Å². The minimum absolute atomic E-state index is 0.0105. The number of rotatable bonds is 2. The summed E-state index contributed by atoms with van der Waals surface area (Å²) in [4.78, 5) is 8.70. The first-order valence-electron chi connectivity index (χ1n) is 4.78. The lowest BCUT2D eigenvalue weighted by Crippen LogP contribution is -2.33. The SMILES string of the molecule is C[B]OC1=N[C@H](C(C)C)C(OC)=NC1. The summed E-state index contributed by atoms with van der Waals surface area (Å²) in [6.07, 6.45) is 0. The molecule has 0 aromatic heterocycles. The van der Waals surface area contributed by atoms with Crippen LogP contribution in [0.1, 0.15) is 13.8 Å². The third-order valence-electron chi connectivity index (χ3n) is 2.00. The van der Waals surface area contributed by atoms with Crippen molar-refractivity contribution in [1.82, 2.24) is 0 Å². The molecular formula is C9H16BN2O2. The van der Waals surface area contributed by atoms with Crippen molar-refractivity contribution in [2.45, 2.75) is 26.7 Å². The van der Waals surface area contributed by atoms with Gasteiger partial charge in [-0.3, -0.25) is 0 Å². The summed E-state index contributed by atoms with van der Waals surface area (Å²) in [6, 6.07) is -0.0105. The van der Waals surface area contributed by atoms with E-state index in [0.717, 1.165) is 0 Å². The molecule has 0 unspecified atom stereocenters. The topological polar surface area (TPSA) is 43.2 Å². The van der Waals surface area contributed by atoms with Crippen molar-refractivity contribution in [3.05, 3.63) is 0 Å². The van der Waals surface area contributed by atoms with Crippen molar-refractivity contribution in [1.29, 1.82) is 0 Å². The van der Waals surface area contributed by atoms with Crippen molar-refractivity contribution in [3.8, 4) is 0 Å². The molecule has 0 saturated carbocycles. The second-order valence-electron chi connectivity index (χ2n) is 3.42. The molecule has 5 heteroatoms. The lowest BCUT2D eigenvalue weighted by Gasteiger charge is -2.22. The van der Waals surface area contributed by atoms with E-state index in [-0.39, 0.29) is 6.04 Å². The normalized spacial score (nSPS) is 21.4. The van der Waals surface area contributed by atoms with Crippen LogP contribution in [0.5, 0.6) is 0 Å². The molecule has 1 heterocycles. The van der Waals surface area contributed by atoms with Crippen LogP contribution >= 0.6 is 0 Å². The molecule has 14 heavy (non-hydrogen) atoms. The van der Waals surface area contributed by atoms with Crippen molar-refractivity contribution in [3.63, 3.8) is 0 Å². The van der Waals surface area contributed by atoms with Gasteiger partial charge in [-0.25, -0.2) is 9.98 Å². The van der Waals surface area contributed by atoms with E-state index in [2.05, 4.69) is 23.8 Å². The molecule has 0 spiro atoms. The van der Waals surface area contributed by atoms with E-state index < -0.39 is 0 Å². The third kappa shape index (κ3) is 2.50. The molecule has 0 aromatic rings. The van der Waals surface area contributed by atoms with Gasteiger partial charge in [0.2, 0.25) is 5.90 Å². The standard InChI is InChI=1S/C9H16BN2O2/c1-6(2)8-9(13-4)11-5-7(12-8)14-10-3/h6,8H,5H2,1-4H3/t8-/m1/s1. The fourth-order valence-corrected chi connectivity index (χ4v) is 1.31. The summed E-state index contributed by atoms with van der Waals surface area (Å²) in [5.74, 6) is 1.72. The van der Waals surface area contributed by atoms with Crippen LogP contribution in [0.2, 0.25) is 6.82 Å². The van der Waals surface area contributed by atoms with Gasteiger partial charge in [0.1, 0.15) is 12.6 Å². The molecule has 0 fully saturated rings. The average molecular weight is 195 g/mol. The molecule has 1 rings (SSSR count). The first kappa shape index (κ1) is 11.1. The van der Waals surface area contributed by atoms with Crippen molar-refractivity contribution in [2.24, 2.45) is 15.9 Å². The van der Waals surface area contributed by atoms with Gasteiger partial charge in [0.25, 0.3) is 0 Å². The number of nitrogens with zero attached hydrogens (tertiary/aromatic N) is 2. The zero-order chi connectivity index (χ0) is 10.6. The van der Waals surface area contributed by atoms with E-state index in [1.54, 1.807) is 14.6 Å². The molecule has 0 aromatic carbocycles. The molecular weight excluding hydrogens is 179 g/mol. The van der Waals surface area contributed by atoms with Crippen LogP contribution < -0.4 is 0 Å². The van der Waals surface area contributed by atoms with Crippen LogP contribution in [0.25, 0.3) is 0 Å². The maximum absolute atomic E-state index is 5.22. The van der Waals surface area contributed by atoms with Gasteiger partial charge in [-0.15, -0.1) is 0 Å². The Morgan fingerprint density at radius 3 is 2.71 bits per heavy atom. The Labute approximate surface area is 85.7 Å². The summed E-state index contributed by atoms with van der Waals surface area (Å²) in [7, 11) is 3.24. The van der Waals surface area contributed by atoms with Crippen molar-refractivity contribution < 1.29 is 9.39 Å². The van der Waals surface area contributed by atoms with Crippen LogP contribution in [-0.2, 0) is 9.39 Å². The Balaban J connectivity index is 2.72. The lowest BCUT2D eigenvalue weighted by molar-refractivity contribution is 0.358. The molecule has 1 radical (unpaired) electrons. The highest BCUT2D eigenvalue weighted by molar-refractivity contribution is 6.29. The van der Waals surface area contributed by atoms with Crippen molar-refractivity contribution in [2.75, 3.05) is 13.7 Å². The Morgan fingerprint density at radius 1 is 1.50 bits per heavy atom. The van der Waals surface area contributed by atoms with Crippen LogP contribution in [-0.4, -0.2) is 39.0 Å².